The normalized spacial score (nSPS) is 17.6. The maximum Gasteiger partial charge on any atom is 0.338 e. The van der Waals surface area contributed by atoms with E-state index >= 15 is 0 Å². The van der Waals surface area contributed by atoms with Gasteiger partial charge in [0.2, 0.25) is 0 Å². The molecule has 0 bridgehead atoms. The average Bonchev–Trinajstić information content (AvgIpc) is 2.66. The number of ether oxygens (including phenoxy) is 2. The van der Waals surface area contributed by atoms with Crippen molar-refractivity contribution in [2.45, 2.75) is 45.6 Å². The van der Waals surface area contributed by atoms with Crippen LogP contribution >= 0.6 is 0 Å². The van der Waals surface area contributed by atoms with Gasteiger partial charge in [0.05, 0.1) is 30.3 Å². The van der Waals surface area contributed by atoms with Crippen molar-refractivity contribution in [2.24, 2.45) is 0 Å². The molecule has 0 fully saturated rings. The predicted molar refractivity (Wildman–Crippen MR) is 99.8 cm³/mol. The second kappa shape index (κ2) is 9.75. The van der Waals surface area contributed by atoms with Crippen LogP contribution in [-0.2, 0) is 19.1 Å². The Morgan fingerprint density at radius 1 is 1.15 bits per heavy atom. The number of carbonyl (C=O) groups excluding carboxylic acids is 3. The molecule has 1 aromatic rings. The van der Waals surface area contributed by atoms with Gasteiger partial charge in [-0.25, -0.2) is 9.59 Å². The molecule has 27 heavy (non-hydrogen) atoms. The van der Waals surface area contributed by atoms with Crippen LogP contribution in [0.4, 0.5) is 4.79 Å². The lowest BCUT2D eigenvalue weighted by Crippen LogP contribution is -2.51. The Kier molecular flexibility index (Phi) is 7.40. The molecular weight excluding hydrogens is 348 g/mol. The minimum atomic E-state index is -0.527. The molecule has 1 heterocycles. The summed E-state index contributed by atoms with van der Waals surface area (Å²) < 4.78 is 10.4. The lowest BCUT2D eigenvalue weighted by atomic mass is 9.98. The lowest BCUT2D eigenvalue weighted by molar-refractivity contribution is -0.144. The monoisotopic (exact) mass is 374 g/mol. The summed E-state index contributed by atoms with van der Waals surface area (Å²) in [4.78, 5) is 36.3. The molecule has 2 atom stereocenters. The number of hydrogen-bond acceptors (Lipinski definition) is 5. The van der Waals surface area contributed by atoms with E-state index in [4.69, 9.17) is 9.47 Å². The number of hydrogen-bond donors (Lipinski definition) is 2. The van der Waals surface area contributed by atoms with Crippen LogP contribution in [0.2, 0.25) is 0 Å². The quantitative estimate of drug-likeness (QED) is 0.682. The number of rotatable bonds is 8. The zero-order chi connectivity index (χ0) is 19.8. The van der Waals surface area contributed by atoms with Gasteiger partial charge >= 0.3 is 18.0 Å². The molecule has 1 aliphatic heterocycles. The van der Waals surface area contributed by atoms with E-state index in [1.807, 2.05) is 44.2 Å². The number of amides is 2. The Bertz CT molecular complexity index is 714. The van der Waals surface area contributed by atoms with Crippen LogP contribution < -0.4 is 10.6 Å². The molecule has 0 aromatic heterocycles. The largest absolute Gasteiger partial charge is 0.463 e. The van der Waals surface area contributed by atoms with Gasteiger partial charge in [-0.15, -0.1) is 0 Å². The van der Waals surface area contributed by atoms with Crippen molar-refractivity contribution in [1.29, 1.82) is 0 Å². The maximum atomic E-state index is 12.3. The second-order valence-electron chi connectivity index (χ2n) is 6.35. The molecule has 0 saturated heterocycles. The van der Waals surface area contributed by atoms with Crippen LogP contribution in [0.1, 0.15) is 45.1 Å². The molecule has 0 radical (unpaired) electrons. The molecule has 2 rings (SSSR count). The molecule has 7 nitrogen and oxygen atoms in total. The first-order valence-corrected chi connectivity index (χ1v) is 9.14. The fourth-order valence-corrected chi connectivity index (χ4v) is 2.94. The van der Waals surface area contributed by atoms with Crippen molar-refractivity contribution in [1.82, 2.24) is 10.6 Å². The third kappa shape index (κ3) is 5.57. The van der Waals surface area contributed by atoms with E-state index < -0.39 is 24.0 Å². The van der Waals surface area contributed by atoms with E-state index in [1.54, 1.807) is 6.92 Å². The lowest BCUT2D eigenvalue weighted by Gasteiger charge is -2.28. The van der Waals surface area contributed by atoms with Gasteiger partial charge in [0.15, 0.2) is 0 Å². The van der Waals surface area contributed by atoms with E-state index in [9.17, 15) is 14.4 Å². The predicted octanol–water partition coefficient (Wildman–Crippen LogP) is 2.63. The van der Waals surface area contributed by atoms with E-state index in [1.165, 1.54) is 0 Å². The van der Waals surface area contributed by atoms with Gasteiger partial charge in [0.1, 0.15) is 6.61 Å². The van der Waals surface area contributed by atoms with Crippen molar-refractivity contribution < 1.29 is 23.9 Å². The summed E-state index contributed by atoms with van der Waals surface area (Å²) in [6.07, 6.45) is 0.722. The zero-order valence-corrected chi connectivity index (χ0v) is 15.9. The molecule has 0 saturated carbocycles. The first-order chi connectivity index (χ1) is 13.0. The van der Waals surface area contributed by atoms with Crippen molar-refractivity contribution in [3.05, 3.63) is 47.2 Å². The van der Waals surface area contributed by atoms with Crippen LogP contribution in [0.5, 0.6) is 0 Å². The summed E-state index contributed by atoms with van der Waals surface area (Å²) in [5, 5.41) is 5.24. The summed E-state index contributed by atoms with van der Waals surface area (Å²) in [7, 11) is 0. The molecule has 0 spiro atoms. The van der Waals surface area contributed by atoms with Crippen molar-refractivity contribution in [3.63, 3.8) is 0 Å². The van der Waals surface area contributed by atoms with Crippen LogP contribution in [0.25, 0.3) is 0 Å². The standard InChI is InChI=1S/C20H26N2O5/c1-4-15-18(19(24)26-5-2)16(22-20(25)21-15)12-27-17(23)11-13(3)14-9-7-6-8-10-14/h6-10,13,15H,4-5,11-12H2,1-3H3,(H2,21,22,25)/t13-,15-/m1/s1. The van der Waals surface area contributed by atoms with Gasteiger partial charge in [0.25, 0.3) is 0 Å². The molecule has 1 aliphatic rings. The SMILES string of the molecule is CCOC(=O)C1=C(COC(=O)C[C@@H](C)c2ccccc2)NC(=O)N[C@@H]1CC. The number of urea groups is 1. The molecule has 2 N–H and O–H groups in total. The Labute approximate surface area is 159 Å². The highest BCUT2D eigenvalue weighted by molar-refractivity contribution is 5.94. The molecule has 1 aromatic carbocycles. The first kappa shape index (κ1) is 20.5. The van der Waals surface area contributed by atoms with Crippen molar-refractivity contribution in [2.75, 3.05) is 13.2 Å². The van der Waals surface area contributed by atoms with Gasteiger partial charge in [-0.3, -0.25) is 4.79 Å². The van der Waals surface area contributed by atoms with Crippen LogP contribution in [-0.4, -0.2) is 37.2 Å². The minimum Gasteiger partial charge on any atom is -0.463 e. The van der Waals surface area contributed by atoms with Gasteiger partial charge in [-0.1, -0.05) is 44.2 Å². The highest BCUT2D eigenvalue weighted by Crippen LogP contribution is 2.20. The van der Waals surface area contributed by atoms with Crippen LogP contribution in [0, 0.1) is 0 Å². The topological polar surface area (TPSA) is 93.7 Å². The number of nitrogens with one attached hydrogen (secondary N) is 2. The molecule has 7 heteroatoms. The maximum absolute atomic E-state index is 12.3. The Balaban J connectivity index is 2.06. The number of carbonyl (C=O) groups is 3. The van der Waals surface area contributed by atoms with Crippen molar-refractivity contribution in [3.8, 4) is 0 Å². The fourth-order valence-electron chi connectivity index (χ4n) is 2.94. The third-order valence-electron chi connectivity index (χ3n) is 4.37. The Hall–Kier alpha value is -2.83. The smallest absolute Gasteiger partial charge is 0.338 e. The van der Waals surface area contributed by atoms with Gasteiger partial charge in [-0.2, -0.15) is 0 Å². The van der Waals surface area contributed by atoms with Crippen LogP contribution in [0.3, 0.4) is 0 Å². The summed E-state index contributed by atoms with van der Waals surface area (Å²) in [5.41, 5.74) is 1.61. The molecule has 0 aliphatic carbocycles. The van der Waals surface area contributed by atoms with Gasteiger partial charge in [0, 0.05) is 0 Å². The molecule has 2 amide bonds. The zero-order valence-electron chi connectivity index (χ0n) is 15.9. The minimum absolute atomic E-state index is 0.00297. The molecule has 0 unspecified atom stereocenters. The Morgan fingerprint density at radius 3 is 2.48 bits per heavy atom. The van der Waals surface area contributed by atoms with E-state index in [-0.39, 0.29) is 31.2 Å². The highest BCUT2D eigenvalue weighted by Gasteiger charge is 2.32. The van der Waals surface area contributed by atoms with Gasteiger partial charge < -0.3 is 20.1 Å². The Morgan fingerprint density at radius 2 is 1.85 bits per heavy atom. The summed E-state index contributed by atoms with van der Waals surface area (Å²) >= 11 is 0. The van der Waals surface area contributed by atoms with Crippen molar-refractivity contribution >= 4 is 18.0 Å². The number of benzene rings is 1. The summed E-state index contributed by atoms with van der Waals surface area (Å²) in [5.74, 6) is -0.924. The van der Waals surface area contributed by atoms with E-state index in [0.717, 1.165) is 5.56 Å². The average molecular weight is 374 g/mol. The van der Waals surface area contributed by atoms with Crippen LogP contribution in [0.15, 0.2) is 41.6 Å². The summed E-state index contributed by atoms with van der Waals surface area (Å²) in [6.45, 7) is 5.53. The summed E-state index contributed by atoms with van der Waals surface area (Å²) in [6, 6.07) is 8.76. The highest BCUT2D eigenvalue weighted by atomic mass is 16.5. The number of esters is 2. The van der Waals surface area contributed by atoms with Gasteiger partial charge in [-0.05, 0) is 24.8 Å². The molecule has 146 valence electrons. The van der Waals surface area contributed by atoms with E-state index in [0.29, 0.717) is 12.0 Å². The third-order valence-corrected chi connectivity index (χ3v) is 4.37. The van der Waals surface area contributed by atoms with E-state index in [2.05, 4.69) is 10.6 Å². The fraction of sp³-hybridized carbons (Fsp3) is 0.450. The first-order valence-electron chi connectivity index (χ1n) is 9.14. The second-order valence-corrected chi connectivity index (χ2v) is 6.35. The molecular formula is C20H26N2O5.